The molecule has 0 spiro atoms. The molecule has 1 aliphatic heterocycles. The zero-order valence-electron chi connectivity index (χ0n) is 12.9. The largest absolute Gasteiger partial charge is 0.481 e. The lowest BCUT2D eigenvalue weighted by Gasteiger charge is -2.16. The van der Waals surface area contributed by atoms with Gasteiger partial charge in [0.1, 0.15) is 6.61 Å². The van der Waals surface area contributed by atoms with Crippen LogP contribution < -0.4 is 0 Å². The maximum Gasteiger partial charge on any atom is 0.308 e. The van der Waals surface area contributed by atoms with Crippen LogP contribution in [0.2, 0.25) is 0 Å². The van der Waals surface area contributed by atoms with Gasteiger partial charge >= 0.3 is 5.97 Å². The Labute approximate surface area is 130 Å². The molecule has 1 aliphatic rings. The topological polar surface area (TPSA) is 66.8 Å². The second-order valence-corrected chi connectivity index (χ2v) is 5.77. The highest BCUT2D eigenvalue weighted by molar-refractivity contribution is 5.80. The van der Waals surface area contributed by atoms with Crippen LogP contribution in [-0.2, 0) is 20.9 Å². The van der Waals surface area contributed by atoms with Gasteiger partial charge in [-0.05, 0) is 17.9 Å². The van der Waals surface area contributed by atoms with Gasteiger partial charge in [-0.15, -0.1) is 0 Å². The predicted octanol–water partition coefficient (Wildman–Crippen LogP) is 2.16. The first-order valence-corrected chi connectivity index (χ1v) is 7.74. The van der Waals surface area contributed by atoms with Gasteiger partial charge in [0.05, 0.1) is 12.5 Å². The number of carbonyl (C=O) groups is 2. The number of hydrogen-bond donors (Lipinski definition) is 1. The minimum atomic E-state index is -0.807. The Kier molecular flexibility index (Phi) is 5.95. The molecule has 2 rings (SSSR count). The lowest BCUT2D eigenvalue weighted by molar-refractivity contribution is -0.142. The summed E-state index contributed by atoms with van der Waals surface area (Å²) in [6.45, 7) is 3.25. The highest BCUT2D eigenvalue weighted by Crippen LogP contribution is 2.27. The molecule has 5 nitrogen and oxygen atoms in total. The van der Waals surface area contributed by atoms with E-state index in [1.165, 1.54) is 0 Å². The van der Waals surface area contributed by atoms with Crippen molar-refractivity contribution < 1.29 is 19.4 Å². The molecule has 5 heteroatoms. The fourth-order valence-corrected chi connectivity index (χ4v) is 2.94. The van der Waals surface area contributed by atoms with Crippen LogP contribution in [0.4, 0.5) is 0 Å². The average Bonchev–Trinajstić information content (AvgIpc) is 2.93. The summed E-state index contributed by atoms with van der Waals surface area (Å²) in [5.74, 6) is -1.32. The van der Waals surface area contributed by atoms with E-state index in [4.69, 9.17) is 4.74 Å². The van der Waals surface area contributed by atoms with E-state index in [9.17, 15) is 14.7 Å². The average molecular weight is 305 g/mol. The van der Waals surface area contributed by atoms with Crippen LogP contribution in [0.5, 0.6) is 0 Å². The molecule has 0 saturated carbocycles. The number of carboxylic acids is 1. The van der Waals surface area contributed by atoms with Crippen LogP contribution in [0, 0.1) is 11.8 Å². The van der Waals surface area contributed by atoms with E-state index in [1.807, 2.05) is 37.3 Å². The van der Waals surface area contributed by atoms with E-state index < -0.39 is 11.9 Å². The summed E-state index contributed by atoms with van der Waals surface area (Å²) in [6, 6.07) is 9.66. The Hall–Kier alpha value is -1.88. The van der Waals surface area contributed by atoms with Crippen molar-refractivity contribution in [2.24, 2.45) is 11.8 Å². The van der Waals surface area contributed by atoms with E-state index in [1.54, 1.807) is 4.90 Å². The van der Waals surface area contributed by atoms with Gasteiger partial charge < -0.3 is 14.7 Å². The summed E-state index contributed by atoms with van der Waals surface area (Å²) in [5, 5.41) is 9.27. The molecule has 0 bridgehead atoms. The summed E-state index contributed by atoms with van der Waals surface area (Å²) >= 11 is 0. The molecule has 120 valence electrons. The fraction of sp³-hybridized carbons (Fsp3) is 0.529. The predicted molar refractivity (Wildman–Crippen MR) is 82.2 cm³/mol. The zero-order chi connectivity index (χ0) is 15.9. The van der Waals surface area contributed by atoms with Crippen molar-refractivity contribution in [1.82, 2.24) is 4.90 Å². The van der Waals surface area contributed by atoms with E-state index in [2.05, 4.69) is 0 Å². The molecule has 1 heterocycles. The van der Waals surface area contributed by atoms with Gasteiger partial charge in [0, 0.05) is 13.1 Å². The molecule has 1 saturated heterocycles. The Morgan fingerprint density at radius 3 is 2.64 bits per heavy atom. The van der Waals surface area contributed by atoms with Crippen molar-refractivity contribution in [2.45, 2.75) is 26.4 Å². The van der Waals surface area contributed by atoms with Crippen molar-refractivity contribution in [1.29, 1.82) is 0 Å². The number of likely N-dealkylation sites (tertiary alicyclic amines) is 1. The number of nitrogens with zero attached hydrogens (tertiary/aromatic N) is 1. The van der Waals surface area contributed by atoms with Crippen LogP contribution >= 0.6 is 0 Å². The number of carbonyl (C=O) groups excluding carboxylic acids is 1. The van der Waals surface area contributed by atoms with E-state index >= 15 is 0 Å². The first-order valence-electron chi connectivity index (χ1n) is 7.74. The maximum atomic E-state index is 12.2. The van der Waals surface area contributed by atoms with Crippen molar-refractivity contribution in [3.05, 3.63) is 35.9 Å². The Bertz CT molecular complexity index is 503. The maximum absolute atomic E-state index is 12.2. The molecule has 1 amide bonds. The Balaban J connectivity index is 1.81. The molecule has 22 heavy (non-hydrogen) atoms. The number of ether oxygens (including phenoxy) is 1. The van der Waals surface area contributed by atoms with E-state index in [0.29, 0.717) is 19.7 Å². The molecule has 1 N–H and O–H groups in total. The van der Waals surface area contributed by atoms with Crippen molar-refractivity contribution >= 4 is 11.9 Å². The smallest absolute Gasteiger partial charge is 0.308 e. The molecule has 0 aromatic heterocycles. The van der Waals surface area contributed by atoms with Crippen molar-refractivity contribution in [3.8, 4) is 0 Å². The van der Waals surface area contributed by atoms with Gasteiger partial charge in [-0.1, -0.05) is 43.7 Å². The SMILES string of the molecule is CCCC1CN(C(=O)COCc2ccccc2)CC1C(=O)O. The van der Waals surface area contributed by atoms with Crippen LogP contribution in [0.15, 0.2) is 30.3 Å². The number of hydrogen-bond acceptors (Lipinski definition) is 3. The third kappa shape index (κ3) is 4.31. The van der Waals surface area contributed by atoms with E-state index in [-0.39, 0.29) is 18.4 Å². The fourth-order valence-electron chi connectivity index (χ4n) is 2.94. The van der Waals surface area contributed by atoms with Gasteiger partial charge in [0.2, 0.25) is 5.91 Å². The third-order valence-corrected chi connectivity index (χ3v) is 4.11. The van der Waals surface area contributed by atoms with Crippen LogP contribution in [0.25, 0.3) is 0 Å². The first kappa shape index (κ1) is 16.5. The minimum absolute atomic E-state index is 0.0000777. The molecule has 1 fully saturated rings. The summed E-state index contributed by atoms with van der Waals surface area (Å²) in [4.78, 5) is 25.1. The minimum Gasteiger partial charge on any atom is -0.481 e. The van der Waals surface area contributed by atoms with Gasteiger partial charge in [0.15, 0.2) is 0 Å². The standard InChI is InChI=1S/C17H23NO4/c1-2-6-14-9-18(10-15(14)17(20)21)16(19)12-22-11-13-7-4-3-5-8-13/h3-5,7-8,14-15H,2,6,9-12H2,1H3,(H,20,21). The van der Waals surface area contributed by atoms with Crippen molar-refractivity contribution in [2.75, 3.05) is 19.7 Å². The van der Waals surface area contributed by atoms with E-state index in [0.717, 1.165) is 18.4 Å². The highest BCUT2D eigenvalue weighted by atomic mass is 16.5. The number of rotatable bonds is 7. The molecule has 2 atom stereocenters. The quantitative estimate of drug-likeness (QED) is 0.838. The lowest BCUT2D eigenvalue weighted by atomic mass is 9.92. The van der Waals surface area contributed by atoms with Crippen molar-refractivity contribution in [3.63, 3.8) is 0 Å². The number of aliphatic carboxylic acids is 1. The summed E-state index contributed by atoms with van der Waals surface area (Å²) in [7, 11) is 0. The first-order chi connectivity index (χ1) is 10.6. The van der Waals surface area contributed by atoms with Crippen LogP contribution in [0.1, 0.15) is 25.3 Å². The van der Waals surface area contributed by atoms with Gasteiger partial charge in [-0.25, -0.2) is 0 Å². The summed E-state index contributed by atoms with van der Waals surface area (Å²) in [5.41, 5.74) is 1.02. The third-order valence-electron chi connectivity index (χ3n) is 4.11. The molecule has 1 aromatic carbocycles. The highest BCUT2D eigenvalue weighted by Gasteiger charge is 2.38. The van der Waals surface area contributed by atoms with Gasteiger partial charge in [0.25, 0.3) is 0 Å². The molecule has 0 aliphatic carbocycles. The molecule has 1 aromatic rings. The molecular weight excluding hydrogens is 282 g/mol. The van der Waals surface area contributed by atoms with Gasteiger partial charge in [-0.2, -0.15) is 0 Å². The molecule has 2 unspecified atom stereocenters. The normalized spacial score (nSPS) is 21.0. The monoisotopic (exact) mass is 305 g/mol. The second kappa shape index (κ2) is 7.94. The zero-order valence-corrected chi connectivity index (χ0v) is 12.9. The number of benzene rings is 1. The Morgan fingerprint density at radius 2 is 2.00 bits per heavy atom. The second-order valence-electron chi connectivity index (χ2n) is 5.77. The van der Waals surface area contributed by atoms with Crippen LogP contribution in [-0.4, -0.2) is 41.6 Å². The van der Waals surface area contributed by atoms with Crippen LogP contribution in [0.3, 0.4) is 0 Å². The molecule has 0 radical (unpaired) electrons. The van der Waals surface area contributed by atoms with Gasteiger partial charge in [-0.3, -0.25) is 9.59 Å². The number of amides is 1. The summed E-state index contributed by atoms with van der Waals surface area (Å²) < 4.78 is 5.45. The summed E-state index contributed by atoms with van der Waals surface area (Å²) in [6.07, 6.45) is 1.77. The molecular formula is C17H23NO4. The number of carboxylic acid groups (broad SMARTS) is 1. The Morgan fingerprint density at radius 1 is 1.27 bits per heavy atom. The lowest BCUT2D eigenvalue weighted by Crippen LogP contribution is -2.33.